The molecule has 1 N–H and O–H groups in total. The molecule has 0 radical (unpaired) electrons. The van der Waals surface area contributed by atoms with Gasteiger partial charge in [0.05, 0.1) is 6.61 Å². The summed E-state index contributed by atoms with van der Waals surface area (Å²) in [6.45, 7) is 2.08. The Bertz CT molecular complexity index is 186. The monoisotopic (exact) mass is 229 g/mol. The lowest BCUT2D eigenvalue weighted by Gasteiger charge is -2.34. The second kappa shape index (κ2) is 5.55. The van der Waals surface area contributed by atoms with Crippen molar-refractivity contribution in [1.82, 2.24) is 5.32 Å². The molecule has 0 amide bonds. The molecule has 2 aliphatic heterocycles. The first-order chi connectivity index (χ1) is 7.35. The van der Waals surface area contributed by atoms with Gasteiger partial charge in [-0.3, -0.25) is 0 Å². The molecule has 2 unspecified atom stereocenters. The van der Waals surface area contributed by atoms with Gasteiger partial charge >= 0.3 is 0 Å². The van der Waals surface area contributed by atoms with Gasteiger partial charge < -0.3 is 10.1 Å². The van der Waals surface area contributed by atoms with E-state index in [1.54, 1.807) is 0 Å². The van der Waals surface area contributed by atoms with Crippen LogP contribution in [-0.2, 0) is 4.74 Å². The molecule has 2 rings (SSSR count). The van der Waals surface area contributed by atoms with E-state index in [-0.39, 0.29) is 0 Å². The predicted molar refractivity (Wildman–Crippen MR) is 66.5 cm³/mol. The average Bonchev–Trinajstić information content (AvgIpc) is 2.69. The van der Waals surface area contributed by atoms with Gasteiger partial charge in [-0.05, 0) is 56.1 Å². The molecule has 2 saturated heterocycles. The molecular formula is C12H23NOS. The molecule has 0 spiro atoms. The first-order valence-corrected chi connectivity index (χ1v) is 7.32. The fourth-order valence-corrected chi connectivity index (χ4v) is 4.18. The third-order valence-electron chi connectivity index (χ3n) is 3.69. The minimum Gasteiger partial charge on any atom is -0.383 e. The van der Waals surface area contributed by atoms with E-state index in [0.29, 0.717) is 5.54 Å². The third kappa shape index (κ3) is 3.11. The molecule has 15 heavy (non-hydrogen) atoms. The molecule has 0 aromatic heterocycles. The smallest absolute Gasteiger partial charge is 0.0644 e. The molecule has 2 aliphatic rings. The number of nitrogens with one attached hydrogen (secondary N) is 1. The number of hydrogen-bond donors (Lipinski definition) is 1. The lowest BCUT2D eigenvalue weighted by atomic mass is 9.85. The predicted octanol–water partition coefficient (Wildman–Crippen LogP) is 2.29. The molecule has 0 bridgehead atoms. The summed E-state index contributed by atoms with van der Waals surface area (Å²) >= 11 is 2.13. The second-order valence-corrected chi connectivity index (χ2v) is 6.18. The highest BCUT2D eigenvalue weighted by atomic mass is 32.2. The molecular weight excluding hydrogens is 206 g/mol. The van der Waals surface area contributed by atoms with Gasteiger partial charge in [0.2, 0.25) is 0 Å². The van der Waals surface area contributed by atoms with Crippen molar-refractivity contribution in [2.45, 2.75) is 37.6 Å². The summed E-state index contributed by atoms with van der Waals surface area (Å²) in [5.74, 6) is 3.67. The second-order valence-electron chi connectivity index (χ2n) is 5.03. The van der Waals surface area contributed by atoms with Crippen LogP contribution in [0.3, 0.4) is 0 Å². The lowest BCUT2D eigenvalue weighted by Crippen LogP contribution is -2.46. The highest BCUT2D eigenvalue weighted by Gasteiger charge is 2.36. The van der Waals surface area contributed by atoms with Crippen LogP contribution in [0.5, 0.6) is 0 Å². The van der Waals surface area contributed by atoms with E-state index >= 15 is 0 Å². The maximum Gasteiger partial charge on any atom is 0.0644 e. The molecule has 2 fully saturated rings. The van der Waals surface area contributed by atoms with Crippen molar-refractivity contribution in [3.63, 3.8) is 0 Å². The van der Waals surface area contributed by atoms with Crippen LogP contribution in [0, 0.1) is 5.92 Å². The molecule has 2 nitrogen and oxygen atoms in total. The van der Waals surface area contributed by atoms with E-state index in [9.17, 15) is 0 Å². The van der Waals surface area contributed by atoms with Gasteiger partial charge in [0, 0.05) is 12.6 Å². The van der Waals surface area contributed by atoms with Crippen molar-refractivity contribution >= 4 is 11.8 Å². The average molecular weight is 229 g/mol. The maximum atomic E-state index is 5.40. The zero-order valence-corrected chi connectivity index (χ0v) is 10.6. The van der Waals surface area contributed by atoms with Crippen molar-refractivity contribution < 1.29 is 4.74 Å². The highest BCUT2D eigenvalue weighted by molar-refractivity contribution is 7.99. The summed E-state index contributed by atoms with van der Waals surface area (Å²) in [6.07, 6.45) is 6.80. The van der Waals surface area contributed by atoms with Crippen LogP contribution in [0.4, 0.5) is 0 Å². The molecule has 0 aromatic rings. The van der Waals surface area contributed by atoms with Crippen molar-refractivity contribution in [1.29, 1.82) is 0 Å². The molecule has 2 heterocycles. The summed E-state index contributed by atoms with van der Waals surface area (Å²) in [5.41, 5.74) is 0.317. The van der Waals surface area contributed by atoms with Crippen LogP contribution in [0.15, 0.2) is 0 Å². The first-order valence-electron chi connectivity index (χ1n) is 6.16. The number of thioether (sulfide) groups is 1. The lowest BCUT2D eigenvalue weighted by molar-refractivity contribution is 0.104. The van der Waals surface area contributed by atoms with Crippen LogP contribution in [0.1, 0.15) is 32.1 Å². The highest BCUT2D eigenvalue weighted by Crippen LogP contribution is 2.33. The van der Waals surface area contributed by atoms with Gasteiger partial charge in [-0.1, -0.05) is 0 Å². The number of methoxy groups -OCH3 is 1. The van der Waals surface area contributed by atoms with Gasteiger partial charge in [-0.2, -0.15) is 11.8 Å². The largest absolute Gasteiger partial charge is 0.383 e. The van der Waals surface area contributed by atoms with Crippen molar-refractivity contribution in [3.05, 3.63) is 0 Å². The van der Waals surface area contributed by atoms with E-state index in [0.717, 1.165) is 12.5 Å². The van der Waals surface area contributed by atoms with E-state index in [1.165, 1.54) is 50.2 Å². The Morgan fingerprint density at radius 1 is 1.47 bits per heavy atom. The molecule has 0 saturated carbocycles. The van der Waals surface area contributed by atoms with E-state index in [4.69, 9.17) is 4.74 Å². The normalized spacial score (nSPS) is 37.0. The summed E-state index contributed by atoms with van der Waals surface area (Å²) in [6, 6.07) is 0. The molecule has 88 valence electrons. The number of ether oxygens (including phenoxy) is 1. The van der Waals surface area contributed by atoms with E-state index in [1.807, 2.05) is 7.11 Å². The van der Waals surface area contributed by atoms with Crippen molar-refractivity contribution in [2.75, 3.05) is 31.8 Å². The molecule has 3 heteroatoms. The maximum absolute atomic E-state index is 5.40. The van der Waals surface area contributed by atoms with Gasteiger partial charge in [-0.15, -0.1) is 0 Å². The van der Waals surface area contributed by atoms with Crippen LogP contribution in [0.2, 0.25) is 0 Å². The van der Waals surface area contributed by atoms with Crippen molar-refractivity contribution in [2.24, 2.45) is 5.92 Å². The zero-order valence-electron chi connectivity index (χ0n) is 9.76. The van der Waals surface area contributed by atoms with Crippen molar-refractivity contribution in [3.8, 4) is 0 Å². The van der Waals surface area contributed by atoms with E-state index in [2.05, 4.69) is 17.1 Å². The Labute approximate surface area is 97.5 Å². The van der Waals surface area contributed by atoms with E-state index < -0.39 is 0 Å². The first kappa shape index (κ1) is 11.7. The van der Waals surface area contributed by atoms with Gasteiger partial charge in [0.15, 0.2) is 0 Å². The topological polar surface area (TPSA) is 21.3 Å². The van der Waals surface area contributed by atoms with Crippen LogP contribution < -0.4 is 5.32 Å². The van der Waals surface area contributed by atoms with Crippen LogP contribution >= 0.6 is 11.8 Å². The quantitative estimate of drug-likeness (QED) is 0.799. The standard InChI is InChI=1S/C12H23NOS/c1-14-10-12(5-3-6-13-12)8-11-4-2-7-15-9-11/h11,13H,2-10H2,1H3. The van der Waals surface area contributed by atoms with Crippen LogP contribution in [-0.4, -0.2) is 37.3 Å². The molecule has 0 aliphatic carbocycles. The fraction of sp³-hybridized carbons (Fsp3) is 1.00. The van der Waals surface area contributed by atoms with Gasteiger partial charge in [-0.25, -0.2) is 0 Å². The Kier molecular flexibility index (Phi) is 4.35. The Balaban J connectivity index is 1.87. The number of rotatable bonds is 4. The summed E-state index contributed by atoms with van der Waals surface area (Å²) < 4.78 is 5.40. The summed E-state index contributed by atoms with van der Waals surface area (Å²) in [5, 5.41) is 3.68. The van der Waals surface area contributed by atoms with Gasteiger partial charge in [0.25, 0.3) is 0 Å². The Morgan fingerprint density at radius 2 is 2.40 bits per heavy atom. The third-order valence-corrected chi connectivity index (χ3v) is 4.97. The minimum absolute atomic E-state index is 0.317. The number of hydrogen-bond acceptors (Lipinski definition) is 3. The Morgan fingerprint density at radius 3 is 3.00 bits per heavy atom. The molecule has 0 aromatic carbocycles. The summed E-state index contributed by atoms with van der Waals surface area (Å²) in [7, 11) is 1.83. The fourth-order valence-electron chi connectivity index (χ4n) is 3.02. The SMILES string of the molecule is COCC1(CC2CCCSC2)CCCN1. The Hall–Kier alpha value is 0.270. The summed E-state index contributed by atoms with van der Waals surface area (Å²) in [4.78, 5) is 0. The zero-order chi connectivity index (χ0) is 10.6. The minimum atomic E-state index is 0.317. The van der Waals surface area contributed by atoms with Crippen LogP contribution in [0.25, 0.3) is 0 Å². The van der Waals surface area contributed by atoms with Gasteiger partial charge in [0.1, 0.15) is 0 Å². The molecule has 2 atom stereocenters.